The Balaban J connectivity index is 3.24. The summed E-state index contributed by atoms with van der Waals surface area (Å²) in [6.45, 7) is 0. The molecule has 15 heavy (non-hydrogen) atoms. The van der Waals surface area contributed by atoms with Crippen molar-refractivity contribution in [1.29, 1.82) is 0 Å². The van der Waals surface area contributed by atoms with Crippen molar-refractivity contribution in [3.63, 3.8) is 0 Å². The Morgan fingerprint density at radius 3 is 1.40 bits per heavy atom. The smallest absolute Gasteiger partial charge is 0.253 e. The molecular weight excluding hydrogens is 216 g/mol. The summed E-state index contributed by atoms with van der Waals surface area (Å²) in [6.07, 6.45) is -8.22. The number of rotatable bonds is 0. The molecule has 0 amide bonds. The van der Waals surface area contributed by atoms with Crippen molar-refractivity contribution in [1.82, 2.24) is 0 Å². The third-order valence-corrected chi connectivity index (χ3v) is 2.47. The maximum absolute atomic E-state index is 9.01. The predicted octanol–water partition coefficient (Wildman–Crippen LogP) is -5.87. The van der Waals surface area contributed by atoms with Crippen LogP contribution in [0.25, 0.3) is 0 Å². The summed E-state index contributed by atoms with van der Waals surface area (Å²) < 4.78 is 0. The lowest BCUT2D eigenvalue weighted by atomic mass is 9.77. The third-order valence-electron chi connectivity index (χ3n) is 2.47. The summed E-state index contributed by atoms with van der Waals surface area (Å²) >= 11 is 0. The van der Waals surface area contributed by atoms with Crippen LogP contribution in [0.4, 0.5) is 0 Å². The highest BCUT2D eigenvalue weighted by atomic mass is 16.6. The molecule has 1 saturated carbocycles. The van der Waals surface area contributed by atoms with Gasteiger partial charge in [-0.25, -0.2) is 0 Å². The fraction of sp³-hybridized carbons (Fsp3) is 1.00. The van der Waals surface area contributed by atoms with Crippen molar-refractivity contribution in [3.8, 4) is 0 Å². The monoisotopic (exact) mass is 228 g/mol. The molecule has 9 nitrogen and oxygen atoms in total. The molecule has 0 aromatic rings. The van der Waals surface area contributed by atoms with E-state index in [0.29, 0.717) is 0 Å². The first-order valence-corrected chi connectivity index (χ1v) is 3.85. The van der Waals surface area contributed by atoms with E-state index < -0.39 is 35.7 Å². The Kier molecular flexibility index (Phi) is 2.60. The minimum absolute atomic E-state index is 2.60. The van der Waals surface area contributed by atoms with Crippen LogP contribution in [0, 0.1) is 0 Å². The van der Waals surface area contributed by atoms with Gasteiger partial charge in [0.2, 0.25) is 5.79 Å². The number of hydrogen-bond acceptors (Lipinski definition) is 9. The Labute approximate surface area is 82.7 Å². The molecule has 0 heterocycles. The van der Waals surface area contributed by atoms with Gasteiger partial charge in [0.15, 0.2) is 6.10 Å². The van der Waals surface area contributed by atoms with Crippen molar-refractivity contribution in [2.24, 2.45) is 0 Å². The van der Waals surface area contributed by atoms with Gasteiger partial charge in [0.25, 0.3) is 11.6 Å². The van der Waals surface area contributed by atoms with Gasteiger partial charge in [0, 0.05) is 0 Å². The fourth-order valence-corrected chi connectivity index (χ4v) is 1.33. The first kappa shape index (κ1) is 12.7. The normalized spacial score (nSPS) is 42.6. The van der Waals surface area contributed by atoms with Gasteiger partial charge < -0.3 is 46.0 Å². The van der Waals surface area contributed by atoms with Crippen LogP contribution in [0.2, 0.25) is 0 Å². The van der Waals surface area contributed by atoms with Gasteiger partial charge >= 0.3 is 0 Å². The average molecular weight is 228 g/mol. The summed E-state index contributed by atoms with van der Waals surface area (Å²) in [5.74, 6) is -11.0. The Morgan fingerprint density at radius 1 is 0.600 bits per heavy atom. The lowest BCUT2D eigenvalue weighted by Gasteiger charge is -2.51. The molecule has 0 spiro atoms. The van der Waals surface area contributed by atoms with Crippen LogP contribution in [-0.4, -0.2) is 81.6 Å². The first-order valence-electron chi connectivity index (χ1n) is 3.85. The number of aliphatic hydroxyl groups excluding tert-OH is 3. The molecular formula is C6H12O9. The topological polar surface area (TPSA) is 182 Å². The second-order valence-corrected chi connectivity index (χ2v) is 3.53. The molecule has 1 rings (SSSR count). The minimum Gasteiger partial charge on any atom is -0.384 e. The van der Waals surface area contributed by atoms with E-state index >= 15 is 0 Å². The van der Waals surface area contributed by atoms with Crippen LogP contribution in [0.3, 0.4) is 0 Å². The maximum atomic E-state index is 9.01. The van der Waals surface area contributed by atoms with Crippen molar-refractivity contribution >= 4 is 0 Å². The van der Waals surface area contributed by atoms with Crippen LogP contribution in [0.5, 0.6) is 0 Å². The first-order chi connectivity index (χ1) is 6.47. The summed E-state index contributed by atoms with van der Waals surface area (Å²) in [5, 5.41) is 81.0. The highest BCUT2D eigenvalue weighted by molar-refractivity contribution is 5.10. The molecule has 0 aromatic heterocycles. The van der Waals surface area contributed by atoms with Gasteiger partial charge in [0.1, 0.15) is 12.2 Å². The Morgan fingerprint density at radius 2 is 1.00 bits per heavy atom. The van der Waals surface area contributed by atoms with Crippen LogP contribution < -0.4 is 0 Å². The van der Waals surface area contributed by atoms with Crippen molar-refractivity contribution in [3.05, 3.63) is 0 Å². The maximum Gasteiger partial charge on any atom is 0.253 e. The van der Waals surface area contributed by atoms with Crippen LogP contribution in [0.15, 0.2) is 0 Å². The van der Waals surface area contributed by atoms with E-state index in [9.17, 15) is 0 Å². The lowest BCUT2D eigenvalue weighted by Crippen LogP contribution is -2.82. The molecule has 3 atom stereocenters. The van der Waals surface area contributed by atoms with E-state index in [1.165, 1.54) is 0 Å². The summed E-state index contributed by atoms with van der Waals surface area (Å²) in [6, 6.07) is 0. The van der Waals surface area contributed by atoms with E-state index in [4.69, 9.17) is 46.0 Å². The van der Waals surface area contributed by atoms with Crippen molar-refractivity contribution < 1.29 is 46.0 Å². The third kappa shape index (κ3) is 1.38. The van der Waals surface area contributed by atoms with Crippen LogP contribution >= 0.6 is 0 Å². The summed E-state index contributed by atoms with van der Waals surface area (Å²) in [4.78, 5) is 0. The van der Waals surface area contributed by atoms with E-state index in [1.807, 2.05) is 0 Å². The molecule has 0 saturated heterocycles. The van der Waals surface area contributed by atoms with Gasteiger partial charge in [-0.2, -0.15) is 0 Å². The molecule has 1 aliphatic rings. The zero-order valence-electron chi connectivity index (χ0n) is 7.26. The molecule has 0 bridgehead atoms. The molecule has 9 heteroatoms. The van der Waals surface area contributed by atoms with E-state index in [2.05, 4.69) is 0 Å². The molecule has 9 N–H and O–H groups in total. The minimum atomic E-state index is -3.82. The molecule has 1 aliphatic carbocycles. The standard InChI is InChI=1S/C6H12O9/c7-1-2(8)5(12,13)6(14,15)3(9)4(1,10)11/h1-3,7-15H/t1-,2+,3-/m1/s1. The summed E-state index contributed by atoms with van der Waals surface area (Å²) in [5.41, 5.74) is 0. The van der Waals surface area contributed by atoms with Gasteiger partial charge in [-0.1, -0.05) is 0 Å². The van der Waals surface area contributed by atoms with E-state index in [-0.39, 0.29) is 0 Å². The van der Waals surface area contributed by atoms with Crippen LogP contribution in [-0.2, 0) is 0 Å². The molecule has 0 radical (unpaired) electrons. The summed E-state index contributed by atoms with van der Waals surface area (Å²) in [7, 11) is 0. The SMILES string of the molecule is O[C@@H]1[C@H](O)C(O)(O)C(O)(O)[C@H](O)C1(O)O. The largest absolute Gasteiger partial charge is 0.384 e. The number of hydrogen-bond donors (Lipinski definition) is 9. The number of aliphatic hydroxyl groups is 9. The zero-order valence-corrected chi connectivity index (χ0v) is 7.26. The van der Waals surface area contributed by atoms with E-state index in [0.717, 1.165) is 0 Å². The van der Waals surface area contributed by atoms with Gasteiger partial charge in [0.05, 0.1) is 0 Å². The lowest BCUT2D eigenvalue weighted by molar-refractivity contribution is -0.482. The van der Waals surface area contributed by atoms with Gasteiger partial charge in [-0.05, 0) is 0 Å². The zero-order chi connectivity index (χ0) is 12.2. The Hall–Kier alpha value is -0.360. The van der Waals surface area contributed by atoms with Gasteiger partial charge in [-0.15, -0.1) is 0 Å². The van der Waals surface area contributed by atoms with Crippen molar-refractivity contribution in [2.75, 3.05) is 0 Å². The molecule has 1 fully saturated rings. The second-order valence-electron chi connectivity index (χ2n) is 3.53. The highest BCUT2D eigenvalue weighted by Crippen LogP contribution is 2.38. The molecule has 90 valence electrons. The van der Waals surface area contributed by atoms with E-state index in [1.54, 1.807) is 0 Å². The van der Waals surface area contributed by atoms with Crippen LogP contribution in [0.1, 0.15) is 0 Å². The van der Waals surface area contributed by atoms with Gasteiger partial charge in [-0.3, -0.25) is 0 Å². The average Bonchev–Trinajstić information content (AvgIpc) is 2.12. The highest BCUT2D eigenvalue weighted by Gasteiger charge is 2.72. The van der Waals surface area contributed by atoms with Crippen molar-refractivity contribution in [2.45, 2.75) is 35.7 Å². The fourth-order valence-electron chi connectivity index (χ4n) is 1.33. The Bertz CT molecular complexity index is 259. The molecule has 0 aliphatic heterocycles. The quantitative estimate of drug-likeness (QED) is 0.182. The molecule has 0 aromatic carbocycles. The molecule has 0 unspecified atom stereocenters. The predicted molar refractivity (Wildman–Crippen MR) is 39.5 cm³/mol. The second kappa shape index (κ2) is 3.07.